The normalized spacial score (nSPS) is 8.60. The Morgan fingerprint density at radius 2 is 1.70 bits per heavy atom. The summed E-state index contributed by atoms with van der Waals surface area (Å²) < 4.78 is 0. The molecule has 0 amide bonds. The Bertz CT molecular complexity index is 105. The van der Waals surface area contributed by atoms with Crippen molar-refractivity contribution in [2.45, 2.75) is 46.0 Å². The lowest BCUT2D eigenvalue weighted by molar-refractivity contribution is 0.815. The predicted octanol–water partition coefficient (Wildman–Crippen LogP) is 3.69. The average molecular weight is 138 g/mol. The van der Waals surface area contributed by atoms with Gasteiger partial charge in [-0.3, -0.25) is 0 Å². The Kier molecular flexibility index (Phi) is 8.11. The molecule has 0 aliphatic heterocycles. The minimum absolute atomic E-state index is 1.17. The van der Waals surface area contributed by atoms with Crippen LogP contribution < -0.4 is 0 Å². The first kappa shape index (κ1) is 9.52. The molecular weight excluding hydrogens is 120 g/mol. The lowest BCUT2D eigenvalue weighted by Crippen LogP contribution is -1.64. The van der Waals surface area contributed by atoms with E-state index in [2.05, 4.69) is 31.7 Å². The van der Waals surface area contributed by atoms with E-state index in [1.807, 2.05) is 0 Å². The van der Waals surface area contributed by atoms with Crippen molar-refractivity contribution in [1.82, 2.24) is 0 Å². The van der Waals surface area contributed by atoms with Crippen LogP contribution in [-0.2, 0) is 0 Å². The van der Waals surface area contributed by atoms with Gasteiger partial charge in [-0.15, -0.1) is 5.73 Å². The van der Waals surface area contributed by atoms with Crippen LogP contribution >= 0.6 is 0 Å². The zero-order chi connectivity index (χ0) is 7.66. The van der Waals surface area contributed by atoms with Crippen LogP contribution in [-0.4, -0.2) is 0 Å². The zero-order valence-electron chi connectivity index (χ0n) is 7.19. The van der Waals surface area contributed by atoms with E-state index < -0.39 is 0 Å². The standard InChI is InChI=1S/C10H18/c1-3-5-7-9-10-8-6-4-2/h7,10H,3-6,8H2,1-2H3. The molecule has 0 atom stereocenters. The topological polar surface area (TPSA) is 0 Å². The van der Waals surface area contributed by atoms with Crippen LogP contribution in [0, 0.1) is 0 Å². The summed E-state index contributed by atoms with van der Waals surface area (Å²) in [5.74, 6) is 0. The molecule has 0 spiro atoms. The van der Waals surface area contributed by atoms with Gasteiger partial charge in [-0.25, -0.2) is 0 Å². The van der Waals surface area contributed by atoms with E-state index in [0.717, 1.165) is 0 Å². The van der Waals surface area contributed by atoms with Crippen molar-refractivity contribution in [2.24, 2.45) is 0 Å². The maximum Gasteiger partial charge on any atom is -0.0275 e. The molecule has 58 valence electrons. The van der Waals surface area contributed by atoms with Gasteiger partial charge in [0.15, 0.2) is 0 Å². The minimum atomic E-state index is 1.17. The molecule has 10 heavy (non-hydrogen) atoms. The summed E-state index contributed by atoms with van der Waals surface area (Å²) in [5.41, 5.74) is 3.17. The molecule has 0 nitrogen and oxygen atoms in total. The molecule has 0 aliphatic rings. The van der Waals surface area contributed by atoms with Gasteiger partial charge in [0.1, 0.15) is 0 Å². The van der Waals surface area contributed by atoms with Gasteiger partial charge in [-0.2, -0.15) is 0 Å². The van der Waals surface area contributed by atoms with Crippen LogP contribution in [0.5, 0.6) is 0 Å². The average Bonchev–Trinajstić information content (AvgIpc) is 1.97. The lowest BCUT2D eigenvalue weighted by atomic mass is 10.2. The molecule has 0 heteroatoms. The highest BCUT2D eigenvalue weighted by molar-refractivity contribution is 4.83. The highest BCUT2D eigenvalue weighted by atomic mass is 13.8. The molecule has 0 aliphatic carbocycles. The maximum atomic E-state index is 3.17. The third kappa shape index (κ3) is 7.52. The van der Waals surface area contributed by atoms with E-state index in [-0.39, 0.29) is 0 Å². The molecule has 0 unspecified atom stereocenters. The van der Waals surface area contributed by atoms with Gasteiger partial charge in [0.25, 0.3) is 0 Å². The SMILES string of the molecule is CCCC=C=CCCCC. The molecule has 0 saturated carbocycles. The van der Waals surface area contributed by atoms with Crippen LogP contribution in [0.2, 0.25) is 0 Å². The number of rotatable bonds is 5. The first-order valence-corrected chi connectivity index (χ1v) is 4.31. The highest BCUT2D eigenvalue weighted by Gasteiger charge is 1.74. The van der Waals surface area contributed by atoms with Gasteiger partial charge in [0.2, 0.25) is 0 Å². The van der Waals surface area contributed by atoms with Crippen LogP contribution in [0.1, 0.15) is 46.0 Å². The Morgan fingerprint density at radius 3 is 2.30 bits per heavy atom. The summed E-state index contributed by atoms with van der Waals surface area (Å²) in [4.78, 5) is 0. The molecule has 0 heterocycles. The smallest absolute Gasteiger partial charge is 0.0275 e. The largest absolute Gasteiger partial charge is 0.130 e. The molecule has 0 aromatic rings. The van der Waals surface area contributed by atoms with Crippen molar-refractivity contribution in [3.8, 4) is 0 Å². The van der Waals surface area contributed by atoms with Crippen LogP contribution in [0.4, 0.5) is 0 Å². The second-order valence-corrected chi connectivity index (χ2v) is 2.51. The third-order valence-electron chi connectivity index (χ3n) is 1.37. The summed E-state index contributed by atoms with van der Waals surface area (Å²) in [5, 5.41) is 0. The highest BCUT2D eigenvalue weighted by Crippen LogP contribution is 1.94. The van der Waals surface area contributed by atoms with Crippen LogP contribution in [0.3, 0.4) is 0 Å². The Balaban J connectivity index is 3.17. The van der Waals surface area contributed by atoms with E-state index >= 15 is 0 Å². The van der Waals surface area contributed by atoms with Crippen LogP contribution in [0.25, 0.3) is 0 Å². The second-order valence-electron chi connectivity index (χ2n) is 2.51. The Labute approximate surface area is 64.6 Å². The van der Waals surface area contributed by atoms with Crippen molar-refractivity contribution in [1.29, 1.82) is 0 Å². The van der Waals surface area contributed by atoms with E-state index in [1.54, 1.807) is 0 Å². The van der Waals surface area contributed by atoms with Gasteiger partial charge < -0.3 is 0 Å². The van der Waals surface area contributed by atoms with E-state index in [9.17, 15) is 0 Å². The summed E-state index contributed by atoms with van der Waals surface area (Å²) in [6.07, 6.45) is 10.4. The molecule has 0 saturated heterocycles. The predicted molar refractivity (Wildman–Crippen MR) is 47.1 cm³/mol. The molecule has 0 rings (SSSR count). The van der Waals surface area contributed by atoms with E-state index in [4.69, 9.17) is 0 Å². The Morgan fingerprint density at radius 1 is 1.00 bits per heavy atom. The first-order valence-electron chi connectivity index (χ1n) is 4.31. The fourth-order valence-corrected chi connectivity index (χ4v) is 0.701. The minimum Gasteiger partial charge on any atom is -0.130 e. The van der Waals surface area contributed by atoms with Gasteiger partial charge in [-0.05, 0) is 31.4 Å². The van der Waals surface area contributed by atoms with E-state index in [0.29, 0.717) is 0 Å². The van der Waals surface area contributed by atoms with Crippen molar-refractivity contribution in [2.75, 3.05) is 0 Å². The molecular formula is C10H18. The molecule has 0 fully saturated rings. The Hall–Kier alpha value is -0.480. The van der Waals surface area contributed by atoms with Crippen molar-refractivity contribution < 1.29 is 0 Å². The first-order chi connectivity index (χ1) is 4.91. The number of unbranched alkanes of at least 4 members (excludes halogenated alkanes) is 3. The zero-order valence-corrected chi connectivity index (χ0v) is 7.19. The number of allylic oxidation sites excluding steroid dienone is 1. The van der Waals surface area contributed by atoms with Crippen molar-refractivity contribution in [3.63, 3.8) is 0 Å². The molecule has 0 aromatic heterocycles. The quantitative estimate of drug-likeness (QED) is 0.401. The molecule has 0 aromatic carbocycles. The summed E-state index contributed by atoms with van der Waals surface area (Å²) in [6, 6.07) is 0. The molecule has 0 N–H and O–H groups in total. The maximum absolute atomic E-state index is 3.17. The van der Waals surface area contributed by atoms with E-state index in [1.165, 1.54) is 32.1 Å². The van der Waals surface area contributed by atoms with Gasteiger partial charge in [-0.1, -0.05) is 26.7 Å². The summed E-state index contributed by atoms with van der Waals surface area (Å²) >= 11 is 0. The van der Waals surface area contributed by atoms with Gasteiger partial charge >= 0.3 is 0 Å². The number of hydrogen-bond acceptors (Lipinski definition) is 0. The summed E-state index contributed by atoms with van der Waals surface area (Å²) in [6.45, 7) is 4.40. The van der Waals surface area contributed by atoms with Gasteiger partial charge in [0, 0.05) is 0 Å². The summed E-state index contributed by atoms with van der Waals surface area (Å²) in [7, 11) is 0. The number of hydrogen-bond donors (Lipinski definition) is 0. The lowest BCUT2D eigenvalue weighted by Gasteiger charge is -1.83. The molecule has 0 bridgehead atoms. The fourth-order valence-electron chi connectivity index (χ4n) is 0.701. The fraction of sp³-hybridized carbons (Fsp3) is 0.700. The van der Waals surface area contributed by atoms with Crippen molar-refractivity contribution in [3.05, 3.63) is 17.9 Å². The monoisotopic (exact) mass is 138 g/mol. The molecule has 0 radical (unpaired) electrons. The second kappa shape index (κ2) is 8.52. The van der Waals surface area contributed by atoms with Crippen molar-refractivity contribution >= 4 is 0 Å². The third-order valence-corrected chi connectivity index (χ3v) is 1.37. The van der Waals surface area contributed by atoms with Gasteiger partial charge in [0.05, 0.1) is 0 Å². The van der Waals surface area contributed by atoms with Crippen LogP contribution in [0.15, 0.2) is 17.9 Å².